The second kappa shape index (κ2) is 7.75. The number of nitrogens with two attached hydrogens (primary N) is 1. The Balaban J connectivity index is 0.00000312. The number of hydrogen-bond acceptors (Lipinski definition) is 5. The molecule has 0 spiro atoms. The van der Waals surface area contributed by atoms with E-state index in [0.29, 0.717) is 19.5 Å². The van der Waals surface area contributed by atoms with E-state index in [2.05, 4.69) is 4.72 Å². The second-order valence-corrected chi connectivity index (χ2v) is 10.2. The van der Waals surface area contributed by atoms with E-state index in [1.165, 1.54) is 17.3 Å². The molecule has 25 heavy (non-hydrogen) atoms. The Bertz CT molecular complexity index is 832. The van der Waals surface area contributed by atoms with Crippen molar-refractivity contribution in [2.24, 2.45) is 11.1 Å². The summed E-state index contributed by atoms with van der Waals surface area (Å²) in [6.45, 7) is 4.29. The van der Waals surface area contributed by atoms with Crippen molar-refractivity contribution in [2.45, 2.75) is 25.2 Å². The van der Waals surface area contributed by atoms with Crippen LogP contribution in [0.3, 0.4) is 0 Å². The van der Waals surface area contributed by atoms with Gasteiger partial charge in [-0.15, -0.1) is 12.4 Å². The number of rotatable bonds is 6. The van der Waals surface area contributed by atoms with Crippen LogP contribution in [0.5, 0.6) is 0 Å². The van der Waals surface area contributed by atoms with Crippen LogP contribution in [0.1, 0.15) is 20.3 Å². The minimum atomic E-state index is -3.85. The Morgan fingerprint density at radius 3 is 2.44 bits per heavy atom. The third kappa shape index (κ3) is 4.82. The molecule has 0 bridgehead atoms. The third-order valence-corrected chi connectivity index (χ3v) is 7.37. The number of benzene rings is 1. The minimum absolute atomic E-state index is 0. The molecular weight excluding hydrogens is 393 g/mol. The Morgan fingerprint density at radius 2 is 1.96 bits per heavy atom. The lowest BCUT2D eigenvalue weighted by atomic mass is 9.90. The predicted molar refractivity (Wildman–Crippen MR) is 97.3 cm³/mol. The zero-order valence-corrected chi connectivity index (χ0v) is 16.5. The van der Waals surface area contributed by atoms with Gasteiger partial charge in [-0.25, -0.2) is 21.2 Å². The van der Waals surface area contributed by atoms with Gasteiger partial charge in [-0.3, -0.25) is 4.72 Å². The highest BCUT2D eigenvalue weighted by Crippen LogP contribution is 2.33. The van der Waals surface area contributed by atoms with Crippen LogP contribution >= 0.6 is 12.4 Å². The molecule has 1 heterocycles. The fourth-order valence-electron chi connectivity index (χ4n) is 2.48. The molecule has 0 amide bonds. The van der Waals surface area contributed by atoms with Crippen molar-refractivity contribution in [1.29, 1.82) is 0 Å². The summed E-state index contributed by atoms with van der Waals surface area (Å²) in [4.78, 5) is -0.208. The van der Waals surface area contributed by atoms with Crippen molar-refractivity contribution in [1.82, 2.24) is 4.31 Å². The normalized spacial score (nSPS) is 21.8. The van der Waals surface area contributed by atoms with E-state index in [4.69, 9.17) is 5.73 Å². The largest absolute Gasteiger partial charge is 0.330 e. The molecule has 1 saturated heterocycles. The highest BCUT2D eigenvalue weighted by molar-refractivity contribution is 7.92. The minimum Gasteiger partial charge on any atom is -0.330 e. The average molecular weight is 416 g/mol. The fourth-order valence-corrected chi connectivity index (χ4v) is 4.73. The molecule has 11 heteroatoms. The molecule has 1 aromatic carbocycles. The first-order valence-corrected chi connectivity index (χ1v) is 10.6. The van der Waals surface area contributed by atoms with Crippen LogP contribution in [0.4, 0.5) is 10.1 Å². The second-order valence-electron chi connectivity index (χ2n) is 6.25. The van der Waals surface area contributed by atoms with E-state index in [0.717, 1.165) is 12.1 Å². The van der Waals surface area contributed by atoms with Crippen molar-refractivity contribution in [2.75, 3.05) is 30.1 Å². The first-order valence-electron chi connectivity index (χ1n) is 7.53. The van der Waals surface area contributed by atoms with Crippen molar-refractivity contribution >= 4 is 38.1 Å². The molecular formula is C14H23ClFN3O4S2. The van der Waals surface area contributed by atoms with Gasteiger partial charge in [0, 0.05) is 13.1 Å². The number of nitrogens with one attached hydrogen (secondary N) is 1. The van der Waals surface area contributed by atoms with Gasteiger partial charge in [0.2, 0.25) is 20.0 Å². The van der Waals surface area contributed by atoms with Gasteiger partial charge in [-0.05, 0) is 43.5 Å². The van der Waals surface area contributed by atoms with Crippen LogP contribution in [0.2, 0.25) is 0 Å². The summed E-state index contributed by atoms with van der Waals surface area (Å²) in [5.41, 5.74) is 5.12. The van der Waals surface area contributed by atoms with Gasteiger partial charge in [0.15, 0.2) is 0 Å². The Hall–Kier alpha value is -0.940. The molecule has 0 aliphatic carbocycles. The van der Waals surface area contributed by atoms with Gasteiger partial charge in [0.05, 0.1) is 16.3 Å². The van der Waals surface area contributed by atoms with E-state index < -0.39 is 25.9 Å². The van der Waals surface area contributed by atoms with Crippen LogP contribution in [0, 0.1) is 11.2 Å². The zero-order chi connectivity index (χ0) is 18.2. The first-order chi connectivity index (χ1) is 11.0. The molecule has 2 rings (SSSR count). The van der Waals surface area contributed by atoms with E-state index in [9.17, 15) is 21.2 Å². The predicted octanol–water partition coefficient (Wildman–Crippen LogP) is 1.37. The smallest absolute Gasteiger partial charge is 0.243 e. The molecule has 1 aromatic rings. The lowest BCUT2D eigenvalue weighted by molar-refractivity contribution is 0.349. The molecule has 144 valence electrons. The summed E-state index contributed by atoms with van der Waals surface area (Å²) in [5, 5.41) is 0. The van der Waals surface area contributed by atoms with Crippen molar-refractivity contribution in [3.63, 3.8) is 0 Å². The van der Waals surface area contributed by atoms with E-state index in [1.807, 2.05) is 6.92 Å². The molecule has 1 unspecified atom stereocenters. The molecule has 3 N–H and O–H groups in total. The summed E-state index contributed by atoms with van der Waals surface area (Å²) in [6, 6.07) is 3.15. The van der Waals surface area contributed by atoms with Gasteiger partial charge < -0.3 is 5.73 Å². The van der Waals surface area contributed by atoms with Crippen LogP contribution in [-0.2, 0) is 20.0 Å². The summed E-state index contributed by atoms with van der Waals surface area (Å²) in [7, 11) is -7.49. The Kier molecular flexibility index (Phi) is 6.85. The molecule has 0 saturated carbocycles. The van der Waals surface area contributed by atoms with E-state index in [-0.39, 0.29) is 40.7 Å². The van der Waals surface area contributed by atoms with Gasteiger partial charge in [0.25, 0.3) is 0 Å². The molecule has 1 fully saturated rings. The first kappa shape index (κ1) is 22.1. The molecule has 7 nitrogen and oxygen atoms in total. The van der Waals surface area contributed by atoms with E-state index >= 15 is 0 Å². The van der Waals surface area contributed by atoms with Crippen LogP contribution < -0.4 is 10.5 Å². The molecule has 1 aliphatic heterocycles. The van der Waals surface area contributed by atoms with Gasteiger partial charge in [-0.2, -0.15) is 4.31 Å². The number of halogens is 2. The maximum atomic E-state index is 14.1. The summed E-state index contributed by atoms with van der Waals surface area (Å²) >= 11 is 0. The van der Waals surface area contributed by atoms with Gasteiger partial charge in [0.1, 0.15) is 5.82 Å². The molecule has 0 radical (unpaired) electrons. The number of nitrogens with zero attached hydrogens (tertiary/aromatic N) is 1. The molecule has 1 atom stereocenters. The fraction of sp³-hybridized carbons (Fsp3) is 0.571. The highest BCUT2D eigenvalue weighted by Gasteiger charge is 2.39. The maximum Gasteiger partial charge on any atom is 0.243 e. The number of hydrogen-bond donors (Lipinski definition) is 2. The lowest BCUT2D eigenvalue weighted by Crippen LogP contribution is -2.34. The van der Waals surface area contributed by atoms with Crippen LogP contribution in [0.25, 0.3) is 0 Å². The van der Waals surface area contributed by atoms with Crippen LogP contribution in [-0.4, -0.2) is 46.5 Å². The standard InChI is InChI=1S/C14H22FN3O4S2.ClH/c1-3-23(19,20)17-13-5-4-11(8-12(13)15)24(21,22)18-7-6-14(2,9-16)10-18;/h4-5,8,17H,3,6-7,9-10,16H2,1-2H3;1H. The number of sulfonamides is 2. The third-order valence-electron chi connectivity index (χ3n) is 4.24. The Morgan fingerprint density at radius 1 is 1.32 bits per heavy atom. The Labute approximate surface area is 154 Å². The summed E-state index contributed by atoms with van der Waals surface area (Å²) in [6.07, 6.45) is 0.638. The van der Waals surface area contributed by atoms with Crippen molar-refractivity contribution in [3.05, 3.63) is 24.0 Å². The molecule has 1 aliphatic rings. The summed E-state index contributed by atoms with van der Waals surface area (Å²) in [5.74, 6) is -1.15. The highest BCUT2D eigenvalue weighted by atomic mass is 35.5. The SMILES string of the molecule is CCS(=O)(=O)Nc1ccc(S(=O)(=O)N2CCC(C)(CN)C2)cc1F.Cl. The van der Waals surface area contributed by atoms with Gasteiger partial charge in [-0.1, -0.05) is 6.92 Å². The van der Waals surface area contributed by atoms with Crippen LogP contribution in [0.15, 0.2) is 23.1 Å². The zero-order valence-electron chi connectivity index (χ0n) is 14.0. The van der Waals surface area contributed by atoms with Crippen molar-refractivity contribution in [3.8, 4) is 0 Å². The summed E-state index contributed by atoms with van der Waals surface area (Å²) < 4.78 is 65.7. The number of anilines is 1. The average Bonchev–Trinajstić information content (AvgIpc) is 2.93. The van der Waals surface area contributed by atoms with Gasteiger partial charge >= 0.3 is 0 Å². The quantitative estimate of drug-likeness (QED) is 0.729. The molecule has 0 aromatic heterocycles. The monoisotopic (exact) mass is 415 g/mol. The van der Waals surface area contributed by atoms with E-state index in [1.54, 1.807) is 0 Å². The lowest BCUT2D eigenvalue weighted by Gasteiger charge is -2.22. The van der Waals surface area contributed by atoms with Crippen molar-refractivity contribution < 1.29 is 21.2 Å². The topological polar surface area (TPSA) is 110 Å². The maximum absolute atomic E-state index is 14.1.